The van der Waals surface area contributed by atoms with Crippen LogP contribution in [0, 0.1) is 17.2 Å². The lowest BCUT2D eigenvalue weighted by Crippen LogP contribution is -2.63. The van der Waals surface area contributed by atoms with Crippen molar-refractivity contribution in [2.45, 2.75) is 52.1 Å². The van der Waals surface area contributed by atoms with Gasteiger partial charge in [-0.1, -0.05) is 13.8 Å². The van der Waals surface area contributed by atoms with Gasteiger partial charge in [-0.05, 0) is 32.7 Å². The first-order chi connectivity index (χ1) is 7.47. The molecule has 1 unspecified atom stereocenters. The van der Waals surface area contributed by atoms with Gasteiger partial charge in [-0.3, -0.25) is 4.90 Å². The third-order valence-corrected chi connectivity index (χ3v) is 3.43. The van der Waals surface area contributed by atoms with Gasteiger partial charge >= 0.3 is 0 Å². The molecular formula is C13H25N3. The Hall–Kier alpha value is -0.590. The SMILES string of the molecule is CC(C)CCN1C(CC#N)CNCC1(C)C. The van der Waals surface area contributed by atoms with E-state index in [1.165, 1.54) is 6.42 Å². The molecule has 0 radical (unpaired) electrons. The number of hydrogen-bond acceptors (Lipinski definition) is 3. The van der Waals surface area contributed by atoms with E-state index >= 15 is 0 Å². The van der Waals surface area contributed by atoms with Crippen LogP contribution in [0.4, 0.5) is 0 Å². The largest absolute Gasteiger partial charge is 0.313 e. The van der Waals surface area contributed by atoms with Gasteiger partial charge in [0.15, 0.2) is 0 Å². The van der Waals surface area contributed by atoms with Crippen LogP contribution in [0.1, 0.15) is 40.5 Å². The molecule has 0 bridgehead atoms. The summed E-state index contributed by atoms with van der Waals surface area (Å²) in [6.07, 6.45) is 1.85. The van der Waals surface area contributed by atoms with E-state index in [0.717, 1.165) is 25.6 Å². The standard InChI is InChI=1S/C13H25N3/c1-11(2)6-8-16-12(5-7-14)9-15-10-13(16,3)4/h11-12,15H,5-6,8-10H2,1-4H3. The molecule has 16 heavy (non-hydrogen) atoms. The van der Waals surface area contributed by atoms with Crippen LogP contribution in [0.2, 0.25) is 0 Å². The molecule has 0 aromatic carbocycles. The van der Waals surface area contributed by atoms with Gasteiger partial charge in [0.2, 0.25) is 0 Å². The van der Waals surface area contributed by atoms with E-state index < -0.39 is 0 Å². The van der Waals surface area contributed by atoms with Gasteiger partial charge in [0, 0.05) is 24.7 Å². The summed E-state index contributed by atoms with van der Waals surface area (Å²) in [7, 11) is 0. The summed E-state index contributed by atoms with van der Waals surface area (Å²) in [4.78, 5) is 2.52. The zero-order valence-electron chi connectivity index (χ0n) is 11.1. The molecule has 0 amide bonds. The lowest BCUT2D eigenvalue weighted by molar-refractivity contribution is 0.0350. The molecule has 3 heteroatoms. The number of nitrogens with one attached hydrogen (secondary N) is 1. The Kier molecular flexibility index (Phi) is 4.76. The molecule has 0 aromatic heterocycles. The Morgan fingerprint density at radius 1 is 1.50 bits per heavy atom. The van der Waals surface area contributed by atoms with Gasteiger partial charge in [-0.15, -0.1) is 0 Å². The molecule has 92 valence electrons. The second-order valence-corrected chi connectivity index (χ2v) is 5.84. The van der Waals surface area contributed by atoms with Crippen LogP contribution in [0.25, 0.3) is 0 Å². The Labute approximate surface area is 99.8 Å². The van der Waals surface area contributed by atoms with E-state index in [1.54, 1.807) is 0 Å². The highest BCUT2D eigenvalue weighted by molar-refractivity contribution is 4.97. The highest BCUT2D eigenvalue weighted by Gasteiger charge is 2.35. The maximum absolute atomic E-state index is 8.88. The minimum atomic E-state index is 0.175. The van der Waals surface area contributed by atoms with Crippen LogP contribution in [0.15, 0.2) is 0 Å². The summed E-state index contributed by atoms with van der Waals surface area (Å²) in [6.45, 7) is 12.1. The number of nitrogens with zero attached hydrogens (tertiary/aromatic N) is 2. The van der Waals surface area contributed by atoms with Crippen molar-refractivity contribution in [2.24, 2.45) is 5.92 Å². The molecule has 0 spiro atoms. The van der Waals surface area contributed by atoms with E-state index in [9.17, 15) is 0 Å². The molecule has 1 aliphatic heterocycles. The lowest BCUT2D eigenvalue weighted by Gasteiger charge is -2.48. The van der Waals surface area contributed by atoms with Crippen LogP contribution in [-0.2, 0) is 0 Å². The highest BCUT2D eigenvalue weighted by atomic mass is 15.3. The molecule has 1 aliphatic rings. The van der Waals surface area contributed by atoms with E-state index in [2.05, 4.69) is 44.0 Å². The number of hydrogen-bond donors (Lipinski definition) is 1. The van der Waals surface area contributed by atoms with E-state index in [4.69, 9.17) is 5.26 Å². The fourth-order valence-corrected chi connectivity index (χ4v) is 2.42. The molecule has 1 fully saturated rings. The third-order valence-electron chi connectivity index (χ3n) is 3.43. The van der Waals surface area contributed by atoms with Crippen LogP contribution in [-0.4, -0.2) is 36.1 Å². The number of nitriles is 1. The number of rotatable bonds is 4. The molecule has 3 nitrogen and oxygen atoms in total. The first kappa shape index (κ1) is 13.5. The Morgan fingerprint density at radius 2 is 2.19 bits per heavy atom. The zero-order valence-corrected chi connectivity index (χ0v) is 11.1. The molecule has 1 atom stereocenters. The quantitative estimate of drug-likeness (QED) is 0.792. The molecule has 0 aromatic rings. The van der Waals surface area contributed by atoms with Crippen LogP contribution in [0.5, 0.6) is 0 Å². The Morgan fingerprint density at radius 3 is 2.75 bits per heavy atom. The summed E-state index contributed by atoms with van der Waals surface area (Å²) in [5.41, 5.74) is 0.175. The van der Waals surface area contributed by atoms with Crippen molar-refractivity contribution in [1.29, 1.82) is 5.26 Å². The summed E-state index contributed by atoms with van der Waals surface area (Å²) in [6, 6.07) is 2.69. The van der Waals surface area contributed by atoms with Crippen molar-refractivity contribution in [3.63, 3.8) is 0 Å². The van der Waals surface area contributed by atoms with E-state index in [0.29, 0.717) is 12.5 Å². The average Bonchev–Trinajstić information content (AvgIpc) is 2.15. The van der Waals surface area contributed by atoms with Crippen LogP contribution < -0.4 is 5.32 Å². The van der Waals surface area contributed by atoms with Gasteiger partial charge in [-0.2, -0.15) is 5.26 Å². The second-order valence-electron chi connectivity index (χ2n) is 5.84. The smallest absolute Gasteiger partial charge is 0.0638 e. The second kappa shape index (κ2) is 5.65. The fraction of sp³-hybridized carbons (Fsp3) is 0.923. The zero-order chi connectivity index (χ0) is 12.2. The minimum absolute atomic E-state index is 0.175. The molecule has 1 heterocycles. The van der Waals surface area contributed by atoms with Crippen LogP contribution >= 0.6 is 0 Å². The van der Waals surface area contributed by atoms with Gasteiger partial charge in [0.05, 0.1) is 12.5 Å². The normalized spacial score (nSPS) is 25.6. The van der Waals surface area contributed by atoms with Crippen LogP contribution in [0.3, 0.4) is 0 Å². The highest BCUT2D eigenvalue weighted by Crippen LogP contribution is 2.23. The Bertz CT molecular complexity index is 252. The number of piperazine rings is 1. The topological polar surface area (TPSA) is 39.1 Å². The maximum atomic E-state index is 8.88. The van der Waals surface area contributed by atoms with E-state index in [1.807, 2.05) is 0 Å². The Balaban J connectivity index is 2.65. The van der Waals surface area contributed by atoms with Crippen molar-refractivity contribution in [1.82, 2.24) is 10.2 Å². The predicted molar refractivity (Wildman–Crippen MR) is 67.1 cm³/mol. The van der Waals surface area contributed by atoms with E-state index in [-0.39, 0.29) is 5.54 Å². The summed E-state index contributed by atoms with van der Waals surface area (Å²) < 4.78 is 0. The molecule has 1 N–H and O–H groups in total. The third kappa shape index (κ3) is 3.47. The van der Waals surface area contributed by atoms with Crippen molar-refractivity contribution < 1.29 is 0 Å². The summed E-state index contributed by atoms with van der Waals surface area (Å²) >= 11 is 0. The monoisotopic (exact) mass is 223 g/mol. The lowest BCUT2D eigenvalue weighted by atomic mass is 9.94. The molecule has 1 rings (SSSR count). The minimum Gasteiger partial charge on any atom is -0.313 e. The molecule has 1 saturated heterocycles. The first-order valence-corrected chi connectivity index (χ1v) is 6.32. The van der Waals surface area contributed by atoms with Crippen molar-refractivity contribution in [3.05, 3.63) is 0 Å². The maximum Gasteiger partial charge on any atom is 0.0638 e. The van der Waals surface area contributed by atoms with Gasteiger partial charge in [-0.25, -0.2) is 0 Å². The van der Waals surface area contributed by atoms with Crippen molar-refractivity contribution in [2.75, 3.05) is 19.6 Å². The van der Waals surface area contributed by atoms with Gasteiger partial charge in [0.1, 0.15) is 0 Å². The summed E-state index contributed by atoms with van der Waals surface area (Å²) in [5, 5.41) is 12.3. The summed E-state index contributed by atoms with van der Waals surface area (Å²) in [5.74, 6) is 0.730. The van der Waals surface area contributed by atoms with Crippen molar-refractivity contribution in [3.8, 4) is 6.07 Å². The first-order valence-electron chi connectivity index (χ1n) is 6.32. The predicted octanol–water partition coefficient (Wildman–Crippen LogP) is 2.00. The molecular weight excluding hydrogens is 198 g/mol. The average molecular weight is 223 g/mol. The van der Waals surface area contributed by atoms with Gasteiger partial charge in [0.25, 0.3) is 0 Å². The molecule has 0 saturated carbocycles. The van der Waals surface area contributed by atoms with Gasteiger partial charge < -0.3 is 5.32 Å². The molecule has 0 aliphatic carbocycles. The van der Waals surface area contributed by atoms with Crippen molar-refractivity contribution >= 4 is 0 Å². The fourth-order valence-electron chi connectivity index (χ4n) is 2.42.